The Hall–Kier alpha value is -2.53. The minimum Gasteiger partial charge on any atom is -0.479 e. The number of hydrogen-bond donors (Lipinski definition) is 2. The van der Waals surface area contributed by atoms with Crippen LogP contribution in [-0.2, 0) is 4.79 Å². The molecule has 0 aliphatic heterocycles. The van der Waals surface area contributed by atoms with E-state index in [9.17, 15) is 9.59 Å². The third kappa shape index (κ3) is 5.23. The number of benzene rings is 2. The summed E-state index contributed by atoms with van der Waals surface area (Å²) in [6.45, 7) is 5.55. The van der Waals surface area contributed by atoms with Crippen LogP contribution in [0.25, 0.3) is 0 Å². The number of anilines is 1. The second-order valence-corrected chi connectivity index (χ2v) is 6.42. The smallest absolute Gasteiger partial charge is 0.265 e. The minimum absolute atomic E-state index is 0.0498. The van der Waals surface area contributed by atoms with Crippen LogP contribution in [0, 0.1) is 0 Å². The summed E-state index contributed by atoms with van der Waals surface area (Å²) >= 11 is 6.05. The van der Waals surface area contributed by atoms with Crippen LogP contribution in [0.2, 0.25) is 5.02 Å². The van der Waals surface area contributed by atoms with Gasteiger partial charge in [0.1, 0.15) is 5.75 Å². The molecular weight excluding hydrogens is 352 g/mol. The molecule has 0 spiro atoms. The number of carbonyl (C=O) groups excluding carboxylic acids is 2. The van der Waals surface area contributed by atoms with Crippen molar-refractivity contribution in [3.05, 3.63) is 59.1 Å². The number of ether oxygens (including phenoxy) is 1. The Bertz CT molecular complexity index is 779. The van der Waals surface area contributed by atoms with Gasteiger partial charge in [-0.1, -0.05) is 42.8 Å². The molecule has 0 bridgehead atoms. The molecule has 6 heteroatoms. The molecule has 2 N–H and O–H groups in total. The normalized spacial score (nSPS) is 12.8. The average Bonchev–Trinajstić information content (AvgIpc) is 2.63. The van der Waals surface area contributed by atoms with Crippen LogP contribution >= 0.6 is 11.6 Å². The van der Waals surface area contributed by atoms with Gasteiger partial charge in [0, 0.05) is 6.04 Å². The van der Waals surface area contributed by atoms with Crippen LogP contribution in [0.1, 0.15) is 37.6 Å². The van der Waals surface area contributed by atoms with Gasteiger partial charge in [0.05, 0.1) is 16.3 Å². The van der Waals surface area contributed by atoms with Crippen molar-refractivity contribution in [1.82, 2.24) is 5.32 Å². The van der Waals surface area contributed by atoms with E-state index >= 15 is 0 Å². The topological polar surface area (TPSA) is 67.4 Å². The fourth-order valence-corrected chi connectivity index (χ4v) is 2.39. The molecule has 26 heavy (non-hydrogen) atoms. The van der Waals surface area contributed by atoms with Crippen LogP contribution in [0.4, 0.5) is 5.69 Å². The second-order valence-electron chi connectivity index (χ2n) is 6.01. The monoisotopic (exact) mass is 374 g/mol. The SMILES string of the molecule is CC[C@H](C)NC(=O)c1ccccc1NC(=O)[C@@H](C)Oc1ccccc1Cl. The number of hydrogen-bond acceptors (Lipinski definition) is 3. The minimum atomic E-state index is -0.777. The predicted molar refractivity (Wildman–Crippen MR) is 104 cm³/mol. The van der Waals surface area contributed by atoms with E-state index in [-0.39, 0.29) is 17.9 Å². The van der Waals surface area contributed by atoms with E-state index < -0.39 is 6.10 Å². The van der Waals surface area contributed by atoms with Crippen LogP contribution in [-0.4, -0.2) is 24.0 Å². The second kappa shape index (κ2) is 9.25. The van der Waals surface area contributed by atoms with Crippen LogP contribution < -0.4 is 15.4 Å². The zero-order valence-corrected chi connectivity index (χ0v) is 15.8. The van der Waals surface area contributed by atoms with E-state index in [1.165, 1.54) is 0 Å². The van der Waals surface area contributed by atoms with E-state index in [4.69, 9.17) is 16.3 Å². The molecule has 0 aliphatic carbocycles. The lowest BCUT2D eigenvalue weighted by atomic mass is 10.1. The molecule has 0 unspecified atom stereocenters. The first-order chi connectivity index (χ1) is 12.4. The zero-order chi connectivity index (χ0) is 19.1. The summed E-state index contributed by atoms with van der Waals surface area (Å²) in [6, 6.07) is 13.9. The molecule has 2 aromatic carbocycles. The summed E-state index contributed by atoms with van der Waals surface area (Å²) < 4.78 is 5.62. The van der Waals surface area contributed by atoms with Gasteiger partial charge in [-0.15, -0.1) is 0 Å². The molecule has 2 atom stereocenters. The van der Waals surface area contributed by atoms with E-state index in [0.29, 0.717) is 22.0 Å². The number of amides is 2. The number of para-hydroxylation sites is 2. The lowest BCUT2D eigenvalue weighted by Gasteiger charge is -2.18. The van der Waals surface area contributed by atoms with Gasteiger partial charge in [0.25, 0.3) is 11.8 Å². The van der Waals surface area contributed by atoms with Crippen molar-refractivity contribution in [3.8, 4) is 5.75 Å². The van der Waals surface area contributed by atoms with E-state index in [0.717, 1.165) is 6.42 Å². The first kappa shape index (κ1) is 19.8. The summed E-state index contributed by atoms with van der Waals surface area (Å²) in [5.74, 6) is -0.164. The molecule has 0 radical (unpaired) electrons. The summed E-state index contributed by atoms with van der Waals surface area (Å²) in [5, 5.41) is 6.08. The van der Waals surface area contributed by atoms with Gasteiger partial charge in [-0.3, -0.25) is 9.59 Å². The van der Waals surface area contributed by atoms with E-state index in [2.05, 4.69) is 10.6 Å². The van der Waals surface area contributed by atoms with Crippen molar-refractivity contribution in [1.29, 1.82) is 0 Å². The standard InChI is InChI=1S/C20H23ClN2O3/c1-4-13(2)22-20(25)15-9-5-7-11-17(15)23-19(24)14(3)26-18-12-8-6-10-16(18)21/h5-14H,4H2,1-3H3,(H,22,25)(H,23,24)/t13-,14+/m0/s1. The highest BCUT2D eigenvalue weighted by Crippen LogP contribution is 2.24. The maximum atomic E-state index is 12.5. The molecule has 0 heterocycles. The largest absolute Gasteiger partial charge is 0.479 e. The fraction of sp³-hybridized carbons (Fsp3) is 0.300. The molecular formula is C20H23ClN2O3. The van der Waals surface area contributed by atoms with Crippen molar-refractivity contribution >= 4 is 29.1 Å². The van der Waals surface area contributed by atoms with Gasteiger partial charge < -0.3 is 15.4 Å². The molecule has 0 fully saturated rings. The molecule has 138 valence electrons. The van der Waals surface area contributed by atoms with Crippen LogP contribution in [0.3, 0.4) is 0 Å². The van der Waals surface area contributed by atoms with Gasteiger partial charge in [-0.05, 0) is 44.5 Å². The number of nitrogens with one attached hydrogen (secondary N) is 2. The highest BCUT2D eigenvalue weighted by atomic mass is 35.5. The Kier molecular flexibility index (Phi) is 7.04. The average molecular weight is 375 g/mol. The van der Waals surface area contributed by atoms with E-state index in [1.54, 1.807) is 55.5 Å². The third-order valence-corrected chi connectivity index (χ3v) is 4.24. The Morgan fingerprint density at radius 1 is 1.08 bits per heavy atom. The maximum absolute atomic E-state index is 12.5. The highest BCUT2D eigenvalue weighted by Gasteiger charge is 2.19. The molecule has 0 aliphatic rings. The van der Waals surface area contributed by atoms with Crippen molar-refractivity contribution in [2.75, 3.05) is 5.32 Å². The zero-order valence-electron chi connectivity index (χ0n) is 15.1. The molecule has 0 saturated carbocycles. The molecule has 2 rings (SSSR count). The lowest BCUT2D eigenvalue weighted by Crippen LogP contribution is -2.34. The molecule has 2 amide bonds. The molecule has 0 aromatic heterocycles. The van der Waals surface area contributed by atoms with Crippen molar-refractivity contribution < 1.29 is 14.3 Å². The molecule has 0 saturated heterocycles. The van der Waals surface area contributed by atoms with Gasteiger partial charge in [0.15, 0.2) is 6.10 Å². The van der Waals surface area contributed by atoms with E-state index in [1.807, 2.05) is 13.8 Å². The predicted octanol–water partition coefficient (Wildman–Crippen LogP) is 4.27. The summed E-state index contributed by atoms with van der Waals surface area (Å²) in [4.78, 5) is 24.9. The number of carbonyl (C=O) groups is 2. The lowest BCUT2D eigenvalue weighted by molar-refractivity contribution is -0.122. The number of halogens is 1. The maximum Gasteiger partial charge on any atom is 0.265 e. The van der Waals surface area contributed by atoms with Gasteiger partial charge in [-0.25, -0.2) is 0 Å². The van der Waals surface area contributed by atoms with Crippen molar-refractivity contribution in [3.63, 3.8) is 0 Å². The van der Waals surface area contributed by atoms with Crippen LogP contribution in [0.15, 0.2) is 48.5 Å². The Balaban J connectivity index is 2.09. The number of rotatable bonds is 7. The Labute approximate surface area is 158 Å². The van der Waals surface area contributed by atoms with Gasteiger partial charge in [0.2, 0.25) is 0 Å². The molecule has 2 aromatic rings. The summed E-state index contributed by atoms with van der Waals surface area (Å²) in [6.07, 6.45) is 0.0452. The summed E-state index contributed by atoms with van der Waals surface area (Å²) in [5.41, 5.74) is 0.846. The van der Waals surface area contributed by atoms with Crippen molar-refractivity contribution in [2.24, 2.45) is 0 Å². The third-order valence-electron chi connectivity index (χ3n) is 3.93. The molecule has 5 nitrogen and oxygen atoms in total. The quantitative estimate of drug-likeness (QED) is 0.760. The summed E-state index contributed by atoms with van der Waals surface area (Å²) in [7, 11) is 0. The Morgan fingerprint density at radius 3 is 2.42 bits per heavy atom. The van der Waals surface area contributed by atoms with Gasteiger partial charge in [-0.2, -0.15) is 0 Å². The fourth-order valence-electron chi connectivity index (χ4n) is 2.21. The van der Waals surface area contributed by atoms with Crippen LogP contribution in [0.5, 0.6) is 5.75 Å². The van der Waals surface area contributed by atoms with Crippen molar-refractivity contribution in [2.45, 2.75) is 39.3 Å². The highest BCUT2D eigenvalue weighted by molar-refractivity contribution is 6.32. The van der Waals surface area contributed by atoms with Gasteiger partial charge >= 0.3 is 0 Å². The Morgan fingerprint density at radius 2 is 1.73 bits per heavy atom. The first-order valence-corrected chi connectivity index (χ1v) is 8.92. The first-order valence-electron chi connectivity index (χ1n) is 8.54.